The van der Waals surface area contributed by atoms with Gasteiger partial charge in [0.25, 0.3) is 0 Å². The van der Waals surface area contributed by atoms with Gasteiger partial charge in [-0.3, -0.25) is 4.98 Å². The van der Waals surface area contributed by atoms with Crippen LogP contribution in [0.2, 0.25) is 0 Å². The van der Waals surface area contributed by atoms with Gasteiger partial charge in [-0.2, -0.15) is 13.2 Å². The molecule has 1 atom stereocenters. The largest absolute Gasteiger partial charge is 0.401 e. The normalized spacial score (nSPS) is 14.1. The number of hydrogen-bond donors (Lipinski definition) is 0. The molecule has 1 nitrogen and oxygen atoms in total. The molecule has 14 heavy (non-hydrogen) atoms. The van der Waals surface area contributed by atoms with Crippen molar-refractivity contribution in [3.8, 4) is 0 Å². The first-order valence-electron chi connectivity index (χ1n) is 4.02. The summed E-state index contributed by atoms with van der Waals surface area (Å²) in [6.07, 6.45) is -2.85. The molecular formula is C9H9BrF3N. The van der Waals surface area contributed by atoms with Gasteiger partial charge in [0.15, 0.2) is 0 Å². The third kappa shape index (κ3) is 2.97. The number of alkyl halides is 4. The van der Waals surface area contributed by atoms with E-state index in [0.29, 0.717) is 5.69 Å². The summed E-state index contributed by atoms with van der Waals surface area (Å²) in [5, 5.41) is 0. The van der Waals surface area contributed by atoms with Crippen LogP contribution < -0.4 is 0 Å². The Bertz CT molecular complexity index is 311. The molecule has 0 saturated carbocycles. The van der Waals surface area contributed by atoms with E-state index >= 15 is 0 Å². The molecule has 0 saturated heterocycles. The van der Waals surface area contributed by atoms with E-state index in [1.165, 1.54) is 6.20 Å². The zero-order valence-electron chi connectivity index (χ0n) is 7.48. The molecule has 0 aliphatic heterocycles. The van der Waals surface area contributed by atoms with Crippen molar-refractivity contribution in [3.05, 3.63) is 29.6 Å². The quantitative estimate of drug-likeness (QED) is 0.750. The minimum absolute atomic E-state index is 0.129. The number of aromatic nitrogens is 1. The Hall–Kier alpha value is -0.580. The number of halogens is 4. The van der Waals surface area contributed by atoms with E-state index in [2.05, 4.69) is 20.9 Å². The summed E-state index contributed by atoms with van der Waals surface area (Å²) in [5.74, 6) is 0. The Labute approximate surface area is 88.5 Å². The minimum atomic E-state index is -4.22. The first-order valence-corrected chi connectivity index (χ1v) is 4.94. The van der Waals surface area contributed by atoms with Crippen molar-refractivity contribution in [2.45, 2.75) is 24.3 Å². The van der Waals surface area contributed by atoms with E-state index in [-0.39, 0.29) is 6.42 Å². The molecule has 0 amide bonds. The van der Waals surface area contributed by atoms with Crippen molar-refractivity contribution >= 4 is 15.9 Å². The van der Waals surface area contributed by atoms with Gasteiger partial charge in [0.1, 0.15) is 4.83 Å². The standard InChI is InChI=1S/C9H9BrF3N/c1-6-3-2-4-14-7(6)5-8(10)9(11,12)13/h2-4,8H,5H2,1H3. The van der Waals surface area contributed by atoms with Gasteiger partial charge in [-0.1, -0.05) is 22.0 Å². The first kappa shape index (κ1) is 11.5. The van der Waals surface area contributed by atoms with Gasteiger partial charge in [-0.15, -0.1) is 0 Å². The molecule has 1 aromatic rings. The first-order chi connectivity index (χ1) is 6.41. The van der Waals surface area contributed by atoms with Crippen LogP contribution in [0.1, 0.15) is 11.3 Å². The molecule has 0 fully saturated rings. The number of rotatable bonds is 2. The molecule has 5 heteroatoms. The van der Waals surface area contributed by atoms with Crippen molar-refractivity contribution < 1.29 is 13.2 Å². The molecule has 0 aromatic carbocycles. The van der Waals surface area contributed by atoms with Crippen LogP contribution in [-0.4, -0.2) is 16.0 Å². The van der Waals surface area contributed by atoms with E-state index in [4.69, 9.17) is 0 Å². The van der Waals surface area contributed by atoms with Crippen LogP contribution in [-0.2, 0) is 6.42 Å². The Kier molecular flexibility index (Phi) is 3.53. The highest BCUT2D eigenvalue weighted by Crippen LogP contribution is 2.29. The number of hydrogen-bond acceptors (Lipinski definition) is 1. The molecular weight excluding hydrogens is 259 g/mol. The van der Waals surface area contributed by atoms with Crippen LogP contribution in [0, 0.1) is 6.92 Å². The monoisotopic (exact) mass is 267 g/mol. The summed E-state index contributed by atoms with van der Waals surface area (Å²) in [6, 6.07) is 3.45. The van der Waals surface area contributed by atoms with E-state index < -0.39 is 11.0 Å². The minimum Gasteiger partial charge on any atom is -0.261 e. The molecule has 0 aliphatic carbocycles. The Morgan fingerprint density at radius 2 is 2.14 bits per heavy atom. The summed E-state index contributed by atoms with van der Waals surface area (Å²) < 4.78 is 36.6. The molecule has 0 spiro atoms. The van der Waals surface area contributed by atoms with Crippen LogP contribution in [0.25, 0.3) is 0 Å². The average molecular weight is 268 g/mol. The maximum Gasteiger partial charge on any atom is 0.401 e. The van der Waals surface area contributed by atoms with E-state index in [1.807, 2.05) is 0 Å². The lowest BCUT2D eigenvalue weighted by atomic mass is 10.1. The van der Waals surface area contributed by atoms with Crippen LogP contribution >= 0.6 is 15.9 Å². The Morgan fingerprint density at radius 1 is 1.50 bits per heavy atom. The Morgan fingerprint density at radius 3 is 2.64 bits per heavy atom. The highest BCUT2D eigenvalue weighted by molar-refractivity contribution is 9.09. The van der Waals surface area contributed by atoms with Crippen molar-refractivity contribution in [1.29, 1.82) is 0 Å². The van der Waals surface area contributed by atoms with Crippen LogP contribution in [0.5, 0.6) is 0 Å². The summed E-state index contributed by atoms with van der Waals surface area (Å²) in [7, 11) is 0. The molecule has 0 bridgehead atoms. The zero-order valence-corrected chi connectivity index (χ0v) is 9.06. The van der Waals surface area contributed by atoms with Crippen molar-refractivity contribution in [2.24, 2.45) is 0 Å². The predicted octanol–water partition coefficient (Wildman–Crippen LogP) is 3.26. The molecule has 1 unspecified atom stereocenters. The maximum atomic E-state index is 12.2. The van der Waals surface area contributed by atoms with Gasteiger partial charge < -0.3 is 0 Å². The van der Waals surface area contributed by atoms with Crippen molar-refractivity contribution in [3.63, 3.8) is 0 Å². The smallest absolute Gasteiger partial charge is 0.261 e. The molecule has 1 rings (SSSR count). The average Bonchev–Trinajstić information content (AvgIpc) is 2.07. The third-order valence-corrected chi connectivity index (χ3v) is 2.69. The fourth-order valence-corrected chi connectivity index (χ4v) is 1.32. The number of aryl methyl sites for hydroxylation is 1. The predicted molar refractivity (Wildman–Crippen MR) is 51.4 cm³/mol. The topological polar surface area (TPSA) is 12.9 Å². The van der Waals surface area contributed by atoms with E-state index in [9.17, 15) is 13.2 Å². The Balaban J connectivity index is 2.75. The summed E-state index contributed by atoms with van der Waals surface area (Å²) in [5.41, 5.74) is 1.26. The van der Waals surface area contributed by atoms with Crippen LogP contribution in [0.15, 0.2) is 18.3 Å². The van der Waals surface area contributed by atoms with Crippen LogP contribution in [0.4, 0.5) is 13.2 Å². The van der Waals surface area contributed by atoms with E-state index in [1.54, 1.807) is 19.1 Å². The molecule has 0 radical (unpaired) electrons. The lowest BCUT2D eigenvalue weighted by Gasteiger charge is -2.14. The SMILES string of the molecule is Cc1cccnc1CC(Br)C(F)(F)F. The summed E-state index contributed by atoms with van der Waals surface area (Å²) in [4.78, 5) is 2.38. The highest BCUT2D eigenvalue weighted by Gasteiger charge is 2.37. The summed E-state index contributed by atoms with van der Waals surface area (Å²) in [6.45, 7) is 1.75. The highest BCUT2D eigenvalue weighted by atomic mass is 79.9. The van der Waals surface area contributed by atoms with Crippen molar-refractivity contribution in [1.82, 2.24) is 4.98 Å². The maximum absolute atomic E-state index is 12.2. The molecule has 1 heterocycles. The second kappa shape index (κ2) is 4.29. The fraction of sp³-hybridized carbons (Fsp3) is 0.444. The zero-order chi connectivity index (χ0) is 10.8. The molecule has 0 aliphatic rings. The molecule has 0 N–H and O–H groups in total. The number of nitrogens with zero attached hydrogens (tertiary/aromatic N) is 1. The fourth-order valence-electron chi connectivity index (χ4n) is 1.02. The van der Waals surface area contributed by atoms with Gasteiger partial charge in [-0.25, -0.2) is 0 Å². The second-order valence-electron chi connectivity index (χ2n) is 2.98. The lowest BCUT2D eigenvalue weighted by molar-refractivity contribution is -0.126. The van der Waals surface area contributed by atoms with Gasteiger partial charge in [0.2, 0.25) is 0 Å². The lowest BCUT2D eigenvalue weighted by Crippen LogP contribution is -2.25. The third-order valence-electron chi connectivity index (χ3n) is 1.85. The van der Waals surface area contributed by atoms with Gasteiger partial charge in [-0.05, 0) is 18.6 Å². The van der Waals surface area contributed by atoms with E-state index in [0.717, 1.165) is 5.56 Å². The van der Waals surface area contributed by atoms with Crippen molar-refractivity contribution in [2.75, 3.05) is 0 Å². The molecule has 1 aromatic heterocycles. The number of pyridine rings is 1. The van der Waals surface area contributed by atoms with Gasteiger partial charge >= 0.3 is 6.18 Å². The second-order valence-corrected chi connectivity index (χ2v) is 4.09. The summed E-state index contributed by atoms with van der Waals surface area (Å²) >= 11 is 2.60. The van der Waals surface area contributed by atoms with Gasteiger partial charge in [0.05, 0.1) is 0 Å². The van der Waals surface area contributed by atoms with Crippen LogP contribution in [0.3, 0.4) is 0 Å². The van der Waals surface area contributed by atoms with Gasteiger partial charge in [0, 0.05) is 18.3 Å². The molecule has 78 valence electrons.